The number of hydrogen-bond donors (Lipinski definition) is 3. The van der Waals surface area contributed by atoms with Crippen molar-refractivity contribution in [1.29, 1.82) is 0 Å². The standard InChI is InChI=1S/C20H16N4O6/c1-29-20(28)11-3-4-12-13(7-11)23-17(24-18(12)26)19(27)21-8-10-2-5-15-14(6-10)22-16(25)9-30-15/h2-7H,8-9H2,1H3,(H,21,27)(H,22,25)(H,23,24,26). The number of fused-ring (bicyclic) bond motifs is 2. The molecule has 0 atom stereocenters. The van der Waals surface area contributed by atoms with Crippen LogP contribution in [0.1, 0.15) is 26.5 Å². The van der Waals surface area contributed by atoms with Gasteiger partial charge < -0.3 is 25.1 Å². The summed E-state index contributed by atoms with van der Waals surface area (Å²) >= 11 is 0. The van der Waals surface area contributed by atoms with Crippen LogP contribution in [0.3, 0.4) is 0 Å². The smallest absolute Gasteiger partial charge is 0.337 e. The van der Waals surface area contributed by atoms with Gasteiger partial charge in [0.15, 0.2) is 12.4 Å². The zero-order valence-corrected chi connectivity index (χ0v) is 15.8. The highest BCUT2D eigenvalue weighted by molar-refractivity contribution is 5.97. The Morgan fingerprint density at radius 3 is 2.83 bits per heavy atom. The zero-order chi connectivity index (χ0) is 21.3. The van der Waals surface area contributed by atoms with Crippen LogP contribution in [0, 0.1) is 0 Å². The van der Waals surface area contributed by atoms with Crippen molar-refractivity contribution in [3.63, 3.8) is 0 Å². The SMILES string of the molecule is COC(=O)c1ccc2c(=O)[nH]c(C(=O)NCc3ccc4c(c3)NC(=O)CO4)nc2c1. The third kappa shape index (κ3) is 3.70. The minimum atomic E-state index is -0.601. The Balaban J connectivity index is 1.54. The number of aromatic amines is 1. The van der Waals surface area contributed by atoms with Gasteiger partial charge in [0.1, 0.15) is 5.75 Å². The van der Waals surface area contributed by atoms with E-state index in [1.54, 1.807) is 18.2 Å². The molecular weight excluding hydrogens is 392 g/mol. The highest BCUT2D eigenvalue weighted by atomic mass is 16.5. The van der Waals surface area contributed by atoms with E-state index in [1.165, 1.54) is 25.3 Å². The lowest BCUT2D eigenvalue weighted by Crippen LogP contribution is -2.28. The molecule has 3 aromatic rings. The summed E-state index contributed by atoms with van der Waals surface area (Å²) < 4.78 is 9.95. The molecule has 0 saturated carbocycles. The van der Waals surface area contributed by atoms with Crippen molar-refractivity contribution in [2.45, 2.75) is 6.54 Å². The van der Waals surface area contributed by atoms with Crippen LogP contribution in [-0.4, -0.2) is 41.5 Å². The maximum Gasteiger partial charge on any atom is 0.337 e. The van der Waals surface area contributed by atoms with Crippen LogP contribution in [0.15, 0.2) is 41.2 Å². The molecule has 0 saturated heterocycles. The number of nitrogens with zero attached hydrogens (tertiary/aromatic N) is 1. The van der Waals surface area contributed by atoms with Gasteiger partial charge in [-0.25, -0.2) is 9.78 Å². The molecule has 0 unspecified atom stereocenters. The molecule has 30 heavy (non-hydrogen) atoms. The Bertz CT molecular complexity index is 1250. The van der Waals surface area contributed by atoms with E-state index in [4.69, 9.17) is 4.74 Å². The average molecular weight is 408 g/mol. The van der Waals surface area contributed by atoms with Gasteiger partial charge in [-0.3, -0.25) is 14.4 Å². The molecule has 1 aromatic heterocycles. The molecule has 0 aliphatic carbocycles. The fourth-order valence-corrected chi connectivity index (χ4v) is 3.00. The van der Waals surface area contributed by atoms with Crippen molar-refractivity contribution >= 4 is 34.4 Å². The van der Waals surface area contributed by atoms with Crippen molar-refractivity contribution in [1.82, 2.24) is 15.3 Å². The molecule has 2 aromatic carbocycles. The molecule has 0 spiro atoms. The molecule has 0 bridgehead atoms. The summed E-state index contributed by atoms with van der Waals surface area (Å²) in [5.41, 5.74) is 1.14. The van der Waals surface area contributed by atoms with Gasteiger partial charge in [-0.05, 0) is 35.9 Å². The Morgan fingerprint density at radius 2 is 2.03 bits per heavy atom. The molecule has 2 amide bonds. The van der Waals surface area contributed by atoms with Crippen molar-refractivity contribution in [2.75, 3.05) is 19.0 Å². The molecule has 10 nitrogen and oxygen atoms in total. The van der Waals surface area contributed by atoms with Crippen LogP contribution in [0.2, 0.25) is 0 Å². The summed E-state index contributed by atoms with van der Waals surface area (Å²) in [5.74, 6) is -1.08. The van der Waals surface area contributed by atoms with Gasteiger partial charge >= 0.3 is 5.97 Å². The lowest BCUT2D eigenvalue weighted by atomic mass is 10.1. The quantitative estimate of drug-likeness (QED) is 0.547. The molecule has 1 aliphatic heterocycles. The molecule has 3 N–H and O–H groups in total. The maximum atomic E-state index is 12.5. The van der Waals surface area contributed by atoms with E-state index in [1.807, 2.05) is 0 Å². The van der Waals surface area contributed by atoms with Gasteiger partial charge in [0.05, 0.1) is 29.3 Å². The largest absolute Gasteiger partial charge is 0.482 e. The summed E-state index contributed by atoms with van der Waals surface area (Å²) in [6.45, 7) is 0.0910. The number of benzene rings is 2. The van der Waals surface area contributed by atoms with Gasteiger partial charge in [0.2, 0.25) is 0 Å². The molecule has 2 heterocycles. The Hall–Kier alpha value is -4.21. The van der Waals surface area contributed by atoms with Gasteiger partial charge in [0.25, 0.3) is 17.4 Å². The number of nitrogens with one attached hydrogen (secondary N) is 3. The van der Waals surface area contributed by atoms with Crippen LogP contribution in [0.5, 0.6) is 5.75 Å². The molecule has 4 rings (SSSR count). The molecule has 10 heteroatoms. The minimum absolute atomic E-state index is 0.0399. The number of hydrogen-bond acceptors (Lipinski definition) is 7. The number of amides is 2. The predicted octanol–water partition coefficient (Wildman–Crippen LogP) is 0.971. The number of ether oxygens (including phenoxy) is 2. The second kappa shape index (κ2) is 7.66. The number of H-pyrrole nitrogens is 1. The van der Waals surface area contributed by atoms with Crippen LogP contribution in [0.4, 0.5) is 5.69 Å². The molecule has 0 fully saturated rings. The monoisotopic (exact) mass is 408 g/mol. The van der Waals surface area contributed by atoms with E-state index in [-0.39, 0.29) is 41.3 Å². The van der Waals surface area contributed by atoms with Crippen LogP contribution in [0.25, 0.3) is 10.9 Å². The predicted molar refractivity (Wildman–Crippen MR) is 105 cm³/mol. The van der Waals surface area contributed by atoms with Crippen LogP contribution < -0.4 is 20.9 Å². The first kappa shape index (κ1) is 19.1. The van der Waals surface area contributed by atoms with Crippen molar-refractivity contribution in [2.24, 2.45) is 0 Å². The average Bonchev–Trinajstić information content (AvgIpc) is 2.76. The Labute approximate surface area is 169 Å². The number of esters is 1. The fourth-order valence-electron chi connectivity index (χ4n) is 3.00. The van der Waals surface area contributed by atoms with Gasteiger partial charge in [-0.15, -0.1) is 0 Å². The topological polar surface area (TPSA) is 139 Å². The lowest BCUT2D eigenvalue weighted by molar-refractivity contribution is -0.118. The molecule has 152 valence electrons. The van der Waals surface area contributed by atoms with Crippen LogP contribution in [-0.2, 0) is 16.1 Å². The van der Waals surface area contributed by atoms with E-state index < -0.39 is 17.4 Å². The Morgan fingerprint density at radius 1 is 1.20 bits per heavy atom. The number of carbonyl (C=O) groups is 3. The number of anilines is 1. The van der Waals surface area contributed by atoms with Crippen molar-refractivity contribution in [3.05, 3.63) is 63.7 Å². The normalized spacial score (nSPS) is 12.5. The highest BCUT2D eigenvalue weighted by Gasteiger charge is 2.17. The summed E-state index contributed by atoms with van der Waals surface area (Å²) in [6.07, 6.45) is 0. The number of aromatic nitrogens is 2. The van der Waals surface area contributed by atoms with Gasteiger partial charge in [-0.1, -0.05) is 6.07 Å². The lowest BCUT2D eigenvalue weighted by Gasteiger charge is -2.18. The second-order valence-electron chi connectivity index (χ2n) is 6.49. The Kier molecular flexibility index (Phi) is 4.88. The number of carbonyl (C=O) groups excluding carboxylic acids is 3. The first-order valence-electron chi connectivity index (χ1n) is 8.91. The summed E-state index contributed by atoms with van der Waals surface area (Å²) in [4.78, 5) is 54.5. The minimum Gasteiger partial charge on any atom is -0.482 e. The van der Waals surface area contributed by atoms with E-state index in [0.717, 1.165) is 0 Å². The highest BCUT2D eigenvalue weighted by Crippen LogP contribution is 2.28. The fraction of sp³-hybridized carbons (Fsp3) is 0.150. The number of methoxy groups -OCH3 is 1. The second-order valence-corrected chi connectivity index (χ2v) is 6.49. The molecule has 0 radical (unpaired) electrons. The van der Waals surface area contributed by atoms with E-state index in [0.29, 0.717) is 17.0 Å². The van der Waals surface area contributed by atoms with Crippen molar-refractivity contribution in [3.8, 4) is 5.75 Å². The summed E-state index contributed by atoms with van der Waals surface area (Å²) in [5, 5.41) is 5.59. The van der Waals surface area contributed by atoms with Gasteiger partial charge in [0, 0.05) is 6.54 Å². The van der Waals surface area contributed by atoms with E-state index >= 15 is 0 Å². The molecule has 1 aliphatic rings. The van der Waals surface area contributed by atoms with Crippen LogP contribution >= 0.6 is 0 Å². The maximum absolute atomic E-state index is 12.5. The van der Waals surface area contributed by atoms with Crippen molar-refractivity contribution < 1.29 is 23.9 Å². The number of rotatable bonds is 4. The first-order valence-corrected chi connectivity index (χ1v) is 8.91. The zero-order valence-electron chi connectivity index (χ0n) is 15.8. The summed E-state index contributed by atoms with van der Waals surface area (Å²) in [6, 6.07) is 9.41. The molecular formula is C20H16N4O6. The summed E-state index contributed by atoms with van der Waals surface area (Å²) in [7, 11) is 1.24. The third-order valence-electron chi connectivity index (χ3n) is 4.47. The third-order valence-corrected chi connectivity index (χ3v) is 4.47. The van der Waals surface area contributed by atoms with Gasteiger partial charge in [-0.2, -0.15) is 0 Å². The van der Waals surface area contributed by atoms with E-state index in [9.17, 15) is 19.2 Å². The first-order chi connectivity index (χ1) is 14.4. The van der Waals surface area contributed by atoms with E-state index in [2.05, 4.69) is 25.3 Å².